The van der Waals surface area contributed by atoms with Gasteiger partial charge in [0, 0.05) is 11.1 Å². The van der Waals surface area contributed by atoms with Crippen molar-refractivity contribution in [3.05, 3.63) is 42.2 Å². The summed E-state index contributed by atoms with van der Waals surface area (Å²) in [5.74, 6) is 0.742. The van der Waals surface area contributed by atoms with E-state index >= 15 is 0 Å². The van der Waals surface area contributed by atoms with Crippen LogP contribution >= 0.6 is 11.8 Å². The zero-order chi connectivity index (χ0) is 13.0. The monoisotopic (exact) mass is 260 g/mol. The Balaban J connectivity index is 2.17. The third kappa shape index (κ3) is 2.98. The molecule has 5 nitrogen and oxygen atoms in total. The third-order valence-electron chi connectivity index (χ3n) is 2.18. The highest BCUT2D eigenvalue weighted by Crippen LogP contribution is 2.26. The van der Waals surface area contributed by atoms with E-state index in [0.29, 0.717) is 10.9 Å². The molecule has 0 bridgehead atoms. The summed E-state index contributed by atoms with van der Waals surface area (Å²) in [6.07, 6.45) is 1.59. The quantitative estimate of drug-likeness (QED) is 0.498. The second kappa shape index (κ2) is 5.50. The number of benzene rings is 1. The first-order valence-corrected chi connectivity index (χ1v) is 6.00. The number of nitrogen functional groups attached to an aromatic ring is 1. The van der Waals surface area contributed by atoms with Crippen molar-refractivity contribution in [3.8, 4) is 5.75 Å². The van der Waals surface area contributed by atoms with Crippen LogP contribution in [-0.4, -0.2) is 22.9 Å². The van der Waals surface area contributed by atoms with E-state index in [-0.39, 0.29) is 5.84 Å². The smallest absolute Gasteiger partial charge is 0.193 e. The molecule has 1 aromatic heterocycles. The largest absolute Gasteiger partial charge is 0.497 e. The highest BCUT2D eigenvalue weighted by molar-refractivity contribution is 7.99. The lowest BCUT2D eigenvalue weighted by Gasteiger charge is -2.03. The summed E-state index contributed by atoms with van der Waals surface area (Å²) in [6, 6.07) is 9.20. The minimum Gasteiger partial charge on any atom is -0.497 e. The van der Waals surface area contributed by atoms with Crippen LogP contribution in [0.3, 0.4) is 0 Å². The van der Waals surface area contributed by atoms with Gasteiger partial charge in [-0.1, -0.05) is 0 Å². The van der Waals surface area contributed by atoms with Gasteiger partial charge in [-0.2, -0.15) is 0 Å². The molecule has 1 heterocycles. The fraction of sp³-hybridized carbons (Fsp3) is 0.0833. The van der Waals surface area contributed by atoms with Gasteiger partial charge in [-0.05, 0) is 42.1 Å². The maximum atomic E-state index is 7.33. The first-order valence-electron chi connectivity index (χ1n) is 5.18. The first-order chi connectivity index (χ1) is 8.69. The Labute approximate surface area is 109 Å². The maximum Gasteiger partial charge on any atom is 0.193 e. The summed E-state index contributed by atoms with van der Waals surface area (Å²) >= 11 is 1.41. The molecule has 0 aliphatic rings. The van der Waals surface area contributed by atoms with Crippen LogP contribution in [0.2, 0.25) is 0 Å². The van der Waals surface area contributed by atoms with Crippen molar-refractivity contribution in [2.24, 2.45) is 5.73 Å². The van der Waals surface area contributed by atoms with E-state index in [0.717, 1.165) is 10.6 Å². The molecule has 6 heteroatoms. The molecular formula is C12H12N4OS. The Bertz CT molecular complexity index is 556. The molecule has 1 aromatic carbocycles. The van der Waals surface area contributed by atoms with E-state index in [9.17, 15) is 0 Å². The molecule has 0 unspecified atom stereocenters. The van der Waals surface area contributed by atoms with E-state index in [1.165, 1.54) is 11.8 Å². The fourth-order valence-corrected chi connectivity index (χ4v) is 2.03. The molecule has 0 saturated carbocycles. The van der Waals surface area contributed by atoms with Gasteiger partial charge in [0.25, 0.3) is 0 Å². The van der Waals surface area contributed by atoms with E-state index in [1.807, 2.05) is 24.3 Å². The number of nitrogens with one attached hydrogen (secondary N) is 1. The second-order valence-corrected chi connectivity index (χ2v) is 4.46. The second-order valence-electron chi connectivity index (χ2n) is 3.42. The normalized spacial score (nSPS) is 10.1. The van der Waals surface area contributed by atoms with Crippen molar-refractivity contribution in [1.82, 2.24) is 9.97 Å². The van der Waals surface area contributed by atoms with Crippen molar-refractivity contribution in [2.45, 2.75) is 10.1 Å². The van der Waals surface area contributed by atoms with E-state index < -0.39 is 0 Å². The molecule has 0 aliphatic heterocycles. The lowest BCUT2D eigenvalue weighted by molar-refractivity contribution is 0.414. The Morgan fingerprint density at radius 3 is 2.61 bits per heavy atom. The van der Waals surface area contributed by atoms with Crippen LogP contribution in [0.15, 0.2) is 46.6 Å². The Morgan fingerprint density at radius 1 is 1.28 bits per heavy atom. The summed E-state index contributed by atoms with van der Waals surface area (Å²) < 4.78 is 5.08. The Kier molecular flexibility index (Phi) is 3.78. The van der Waals surface area contributed by atoms with Crippen molar-refractivity contribution >= 4 is 17.6 Å². The number of methoxy groups -OCH3 is 1. The van der Waals surface area contributed by atoms with Crippen LogP contribution < -0.4 is 10.5 Å². The molecule has 2 rings (SSSR count). The van der Waals surface area contributed by atoms with Crippen molar-refractivity contribution in [3.63, 3.8) is 0 Å². The molecule has 0 radical (unpaired) electrons. The number of nitrogens with zero attached hydrogens (tertiary/aromatic N) is 2. The summed E-state index contributed by atoms with van der Waals surface area (Å²) in [5.41, 5.74) is 5.81. The van der Waals surface area contributed by atoms with Gasteiger partial charge in [0.15, 0.2) is 5.16 Å². The van der Waals surface area contributed by atoms with Crippen LogP contribution in [0, 0.1) is 5.41 Å². The minimum absolute atomic E-state index is 0.0611. The Hall–Kier alpha value is -2.08. The van der Waals surface area contributed by atoms with Gasteiger partial charge in [0.2, 0.25) is 0 Å². The Morgan fingerprint density at radius 2 is 2.00 bits per heavy atom. The number of aromatic nitrogens is 2. The van der Waals surface area contributed by atoms with Gasteiger partial charge in [-0.3, -0.25) is 5.41 Å². The fourth-order valence-electron chi connectivity index (χ4n) is 1.29. The molecule has 18 heavy (non-hydrogen) atoms. The van der Waals surface area contributed by atoms with Crippen LogP contribution in [0.25, 0.3) is 0 Å². The molecule has 0 fully saturated rings. The highest BCUT2D eigenvalue weighted by atomic mass is 32.2. The minimum atomic E-state index is -0.0611. The van der Waals surface area contributed by atoms with Gasteiger partial charge in [-0.25, -0.2) is 9.97 Å². The lowest BCUT2D eigenvalue weighted by atomic mass is 10.3. The predicted molar refractivity (Wildman–Crippen MR) is 70.2 cm³/mol. The molecule has 0 spiro atoms. The van der Waals surface area contributed by atoms with Crippen molar-refractivity contribution in [2.75, 3.05) is 7.11 Å². The van der Waals surface area contributed by atoms with Gasteiger partial charge in [-0.15, -0.1) is 0 Å². The topological polar surface area (TPSA) is 84.9 Å². The zero-order valence-electron chi connectivity index (χ0n) is 9.75. The number of rotatable bonds is 4. The van der Waals surface area contributed by atoms with E-state index in [1.54, 1.807) is 19.4 Å². The molecule has 3 N–H and O–H groups in total. The maximum absolute atomic E-state index is 7.33. The molecule has 0 aliphatic carbocycles. The predicted octanol–water partition coefficient (Wildman–Crippen LogP) is 1.92. The van der Waals surface area contributed by atoms with Gasteiger partial charge in [0.05, 0.1) is 7.11 Å². The van der Waals surface area contributed by atoms with Gasteiger partial charge in [0.1, 0.15) is 17.3 Å². The summed E-state index contributed by atoms with van der Waals surface area (Å²) in [7, 11) is 1.63. The average Bonchev–Trinajstić information content (AvgIpc) is 2.40. The van der Waals surface area contributed by atoms with Crippen LogP contribution in [-0.2, 0) is 0 Å². The summed E-state index contributed by atoms with van der Waals surface area (Å²) in [5, 5.41) is 7.89. The van der Waals surface area contributed by atoms with Crippen LogP contribution in [0.4, 0.5) is 0 Å². The lowest BCUT2D eigenvalue weighted by Crippen LogP contribution is -2.13. The molecule has 92 valence electrons. The average molecular weight is 260 g/mol. The van der Waals surface area contributed by atoms with E-state index in [2.05, 4.69) is 9.97 Å². The number of hydrogen-bond donors (Lipinski definition) is 2. The van der Waals surface area contributed by atoms with Crippen LogP contribution in [0.5, 0.6) is 5.75 Å². The van der Waals surface area contributed by atoms with Gasteiger partial charge >= 0.3 is 0 Å². The standard InChI is InChI=1S/C12H12N4OS/c1-17-8-2-4-9(5-3-8)18-12-15-7-6-10(16-12)11(13)14/h2-7H,1H3,(H3,13,14). The number of ether oxygens (including phenoxy) is 1. The zero-order valence-corrected chi connectivity index (χ0v) is 10.6. The summed E-state index contributed by atoms with van der Waals surface area (Å²) in [6.45, 7) is 0. The van der Waals surface area contributed by atoms with Crippen LogP contribution in [0.1, 0.15) is 5.69 Å². The number of hydrogen-bond acceptors (Lipinski definition) is 5. The molecular weight excluding hydrogens is 248 g/mol. The number of amidine groups is 1. The molecule has 0 atom stereocenters. The van der Waals surface area contributed by atoms with Crippen molar-refractivity contribution in [1.29, 1.82) is 5.41 Å². The van der Waals surface area contributed by atoms with E-state index in [4.69, 9.17) is 15.9 Å². The summed E-state index contributed by atoms with van der Waals surface area (Å²) in [4.78, 5) is 9.31. The van der Waals surface area contributed by atoms with Gasteiger partial charge < -0.3 is 10.5 Å². The SMILES string of the molecule is COc1ccc(Sc2nccc(C(=N)N)n2)cc1. The molecule has 2 aromatic rings. The molecule has 0 saturated heterocycles. The first kappa shape index (κ1) is 12.4. The molecule has 0 amide bonds. The van der Waals surface area contributed by atoms with Crippen molar-refractivity contribution < 1.29 is 4.74 Å². The highest BCUT2D eigenvalue weighted by Gasteiger charge is 2.04. The number of nitrogens with two attached hydrogens (primary N) is 1. The third-order valence-corrected chi connectivity index (χ3v) is 3.07.